The number of fused-ring (bicyclic) bond motifs is 1. The van der Waals surface area contributed by atoms with E-state index in [0.29, 0.717) is 5.92 Å². The molecule has 4 nitrogen and oxygen atoms in total. The average molecular weight is 283 g/mol. The SMILES string of the molecule is CC(C)CC(C)(N)C1=Nc2ccc(-c3cnco3)cc2C1. The Kier molecular flexibility index (Phi) is 3.41. The molecule has 1 aromatic heterocycles. The summed E-state index contributed by atoms with van der Waals surface area (Å²) >= 11 is 0. The zero-order chi connectivity index (χ0) is 15.0. The van der Waals surface area contributed by atoms with E-state index in [0.717, 1.165) is 35.6 Å². The number of benzene rings is 1. The van der Waals surface area contributed by atoms with Crippen molar-refractivity contribution in [3.8, 4) is 11.3 Å². The van der Waals surface area contributed by atoms with Crippen LogP contribution in [-0.2, 0) is 6.42 Å². The number of rotatable bonds is 4. The molecule has 0 amide bonds. The molecule has 0 bridgehead atoms. The number of nitrogens with zero attached hydrogens (tertiary/aromatic N) is 2. The fourth-order valence-electron chi connectivity index (χ4n) is 3.01. The molecular formula is C17H21N3O. The minimum absolute atomic E-state index is 0.348. The molecule has 0 saturated carbocycles. The quantitative estimate of drug-likeness (QED) is 0.929. The molecule has 2 heterocycles. The lowest BCUT2D eigenvalue weighted by Crippen LogP contribution is -2.46. The first-order valence-corrected chi connectivity index (χ1v) is 7.34. The molecule has 1 aliphatic rings. The summed E-state index contributed by atoms with van der Waals surface area (Å²) in [4.78, 5) is 8.71. The number of nitrogens with two attached hydrogens (primary N) is 1. The highest BCUT2D eigenvalue weighted by molar-refractivity contribution is 6.00. The Hall–Kier alpha value is -1.94. The maximum absolute atomic E-state index is 6.48. The van der Waals surface area contributed by atoms with Crippen molar-refractivity contribution in [1.29, 1.82) is 0 Å². The van der Waals surface area contributed by atoms with Gasteiger partial charge in [-0.2, -0.15) is 0 Å². The van der Waals surface area contributed by atoms with Crippen LogP contribution in [0.1, 0.15) is 32.8 Å². The van der Waals surface area contributed by atoms with E-state index in [1.165, 1.54) is 12.0 Å². The summed E-state index contributed by atoms with van der Waals surface area (Å²) in [6, 6.07) is 6.17. The zero-order valence-corrected chi connectivity index (χ0v) is 12.8. The van der Waals surface area contributed by atoms with E-state index in [9.17, 15) is 0 Å². The lowest BCUT2D eigenvalue weighted by atomic mass is 9.85. The van der Waals surface area contributed by atoms with Crippen molar-refractivity contribution in [2.24, 2.45) is 16.6 Å². The monoisotopic (exact) mass is 283 g/mol. The van der Waals surface area contributed by atoms with Crippen LogP contribution < -0.4 is 5.73 Å². The molecule has 0 radical (unpaired) electrons. The molecule has 2 aromatic rings. The van der Waals surface area contributed by atoms with Gasteiger partial charge in [-0.1, -0.05) is 13.8 Å². The lowest BCUT2D eigenvalue weighted by Gasteiger charge is -2.26. The van der Waals surface area contributed by atoms with Crippen molar-refractivity contribution in [3.05, 3.63) is 36.4 Å². The molecule has 0 fully saturated rings. The van der Waals surface area contributed by atoms with E-state index in [2.05, 4.69) is 31.8 Å². The molecule has 1 unspecified atom stereocenters. The minimum atomic E-state index is -0.348. The van der Waals surface area contributed by atoms with Gasteiger partial charge in [0.1, 0.15) is 0 Å². The van der Waals surface area contributed by atoms with E-state index in [1.807, 2.05) is 12.1 Å². The molecule has 3 rings (SSSR count). The van der Waals surface area contributed by atoms with E-state index in [-0.39, 0.29) is 5.54 Å². The van der Waals surface area contributed by atoms with Gasteiger partial charge >= 0.3 is 0 Å². The Labute approximate surface area is 125 Å². The van der Waals surface area contributed by atoms with Crippen molar-refractivity contribution in [2.75, 3.05) is 0 Å². The Morgan fingerprint density at radius 3 is 2.86 bits per heavy atom. The van der Waals surface area contributed by atoms with Gasteiger partial charge < -0.3 is 10.2 Å². The molecule has 0 saturated heterocycles. The highest BCUT2D eigenvalue weighted by Crippen LogP contribution is 2.34. The van der Waals surface area contributed by atoms with Crippen LogP contribution in [0.3, 0.4) is 0 Å². The van der Waals surface area contributed by atoms with E-state index in [4.69, 9.17) is 15.1 Å². The summed E-state index contributed by atoms with van der Waals surface area (Å²) < 4.78 is 5.35. The van der Waals surface area contributed by atoms with Crippen LogP contribution in [0.5, 0.6) is 0 Å². The summed E-state index contributed by atoms with van der Waals surface area (Å²) in [6.45, 7) is 6.46. The number of oxazole rings is 1. The Morgan fingerprint density at radius 2 is 2.19 bits per heavy atom. The highest BCUT2D eigenvalue weighted by Gasteiger charge is 2.30. The van der Waals surface area contributed by atoms with Gasteiger partial charge in [-0.3, -0.25) is 4.99 Å². The van der Waals surface area contributed by atoms with Crippen LogP contribution in [0, 0.1) is 5.92 Å². The summed E-state index contributed by atoms with van der Waals surface area (Å²) in [5, 5.41) is 0. The van der Waals surface area contributed by atoms with Crippen molar-refractivity contribution < 1.29 is 4.42 Å². The predicted molar refractivity (Wildman–Crippen MR) is 84.8 cm³/mol. The topological polar surface area (TPSA) is 64.4 Å². The molecule has 4 heteroatoms. The first-order chi connectivity index (χ1) is 9.95. The van der Waals surface area contributed by atoms with Crippen LogP contribution in [0.25, 0.3) is 11.3 Å². The smallest absolute Gasteiger partial charge is 0.181 e. The van der Waals surface area contributed by atoms with Gasteiger partial charge in [-0.25, -0.2) is 4.98 Å². The summed E-state index contributed by atoms with van der Waals surface area (Å²) in [7, 11) is 0. The maximum atomic E-state index is 6.48. The summed E-state index contributed by atoms with van der Waals surface area (Å²) in [6.07, 6.45) is 4.93. The molecular weight excluding hydrogens is 262 g/mol. The van der Waals surface area contributed by atoms with Crippen molar-refractivity contribution in [1.82, 2.24) is 4.98 Å². The third-order valence-corrected chi connectivity index (χ3v) is 3.90. The normalized spacial score (nSPS) is 16.7. The van der Waals surface area contributed by atoms with Gasteiger partial charge in [0.2, 0.25) is 0 Å². The second kappa shape index (κ2) is 5.11. The maximum Gasteiger partial charge on any atom is 0.181 e. The standard InChI is InChI=1S/C17H21N3O/c1-11(2)8-17(3,18)16-7-13-6-12(4-5-14(13)20-16)15-9-19-10-21-15/h4-6,9-11H,7-8,18H2,1-3H3. The van der Waals surface area contributed by atoms with Crippen LogP contribution in [0.4, 0.5) is 5.69 Å². The van der Waals surface area contributed by atoms with Crippen molar-refractivity contribution >= 4 is 11.4 Å². The van der Waals surface area contributed by atoms with Crippen molar-refractivity contribution in [2.45, 2.75) is 39.2 Å². The van der Waals surface area contributed by atoms with Crippen LogP contribution in [0.2, 0.25) is 0 Å². The fourth-order valence-corrected chi connectivity index (χ4v) is 3.01. The minimum Gasteiger partial charge on any atom is -0.444 e. The van der Waals surface area contributed by atoms with E-state index >= 15 is 0 Å². The first kappa shape index (κ1) is 14.0. The van der Waals surface area contributed by atoms with Crippen LogP contribution in [-0.4, -0.2) is 16.2 Å². The molecule has 1 aromatic carbocycles. The second-order valence-corrected chi connectivity index (χ2v) is 6.46. The average Bonchev–Trinajstić information content (AvgIpc) is 3.06. The summed E-state index contributed by atoms with van der Waals surface area (Å²) in [5.41, 5.74) is 10.5. The number of hydrogen-bond donors (Lipinski definition) is 1. The first-order valence-electron chi connectivity index (χ1n) is 7.34. The molecule has 110 valence electrons. The predicted octanol–water partition coefficient (Wildman–Crippen LogP) is 3.73. The van der Waals surface area contributed by atoms with Crippen LogP contribution >= 0.6 is 0 Å². The van der Waals surface area contributed by atoms with E-state index < -0.39 is 0 Å². The zero-order valence-electron chi connectivity index (χ0n) is 12.8. The lowest BCUT2D eigenvalue weighted by molar-refractivity contribution is 0.459. The second-order valence-electron chi connectivity index (χ2n) is 6.46. The number of aliphatic imine (C=N–C) groups is 1. The molecule has 0 aliphatic carbocycles. The number of aromatic nitrogens is 1. The van der Waals surface area contributed by atoms with Gasteiger partial charge in [0.05, 0.1) is 17.4 Å². The Balaban J connectivity index is 1.86. The van der Waals surface area contributed by atoms with E-state index in [1.54, 1.807) is 6.20 Å². The number of hydrogen-bond acceptors (Lipinski definition) is 4. The third kappa shape index (κ3) is 2.76. The molecule has 1 aliphatic heterocycles. The summed E-state index contributed by atoms with van der Waals surface area (Å²) in [5.74, 6) is 1.33. The third-order valence-electron chi connectivity index (χ3n) is 3.90. The Morgan fingerprint density at radius 1 is 1.38 bits per heavy atom. The highest BCUT2D eigenvalue weighted by atomic mass is 16.3. The molecule has 0 spiro atoms. The van der Waals surface area contributed by atoms with Gasteiger partial charge in [-0.05, 0) is 43.0 Å². The van der Waals surface area contributed by atoms with Gasteiger partial charge in [0.15, 0.2) is 12.2 Å². The molecule has 1 atom stereocenters. The van der Waals surface area contributed by atoms with Crippen LogP contribution in [0.15, 0.2) is 40.2 Å². The van der Waals surface area contributed by atoms with Gasteiger partial charge in [-0.15, -0.1) is 0 Å². The molecule has 21 heavy (non-hydrogen) atoms. The van der Waals surface area contributed by atoms with Crippen molar-refractivity contribution in [3.63, 3.8) is 0 Å². The Bertz CT molecular complexity index is 669. The fraction of sp³-hybridized carbons (Fsp3) is 0.412. The van der Waals surface area contributed by atoms with Gasteiger partial charge in [0.25, 0.3) is 0 Å². The largest absolute Gasteiger partial charge is 0.444 e. The molecule has 2 N–H and O–H groups in total. The van der Waals surface area contributed by atoms with Gasteiger partial charge in [0, 0.05) is 17.7 Å².